The smallest absolute Gasteiger partial charge is 0.410 e. The van der Waals surface area contributed by atoms with Gasteiger partial charge in [-0.15, -0.1) is 0 Å². The Bertz CT molecular complexity index is 1570. The first-order valence-electron chi connectivity index (χ1n) is 13.1. The number of carbonyl (C=O) groups is 1. The van der Waals surface area contributed by atoms with Crippen LogP contribution in [0.3, 0.4) is 0 Å². The Morgan fingerprint density at radius 1 is 1.08 bits per heavy atom. The summed E-state index contributed by atoms with van der Waals surface area (Å²) in [6, 6.07) is 20.0. The van der Waals surface area contributed by atoms with Crippen LogP contribution < -0.4 is 5.32 Å². The molecule has 1 aliphatic heterocycles. The molecule has 1 aromatic carbocycles. The number of aromatic nitrogens is 6. The van der Waals surface area contributed by atoms with Gasteiger partial charge in [-0.05, 0) is 49.6 Å². The van der Waals surface area contributed by atoms with Crippen molar-refractivity contribution in [2.24, 2.45) is 0 Å². The maximum atomic E-state index is 12.5. The molecular weight excluding hydrogens is 492 g/mol. The molecule has 0 bridgehead atoms. The minimum Gasteiger partial charge on any atom is -0.445 e. The summed E-state index contributed by atoms with van der Waals surface area (Å²) in [6.45, 7) is 4.17. The number of ether oxygens (including phenoxy) is 1. The van der Waals surface area contributed by atoms with Crippen molar-refractivity contribution < 1.29 is 9.53 Å². The lowest BCUT2D eigenvalue weighted by molar-refractivity contribution is 0.0851. The van der Waals surface area contributed by atoms with E-state index in [1.165, 1.54) is 6.33 Å². The molecule has 0 spiro atoms. The van der Waals surface area contributed by atoms with Gasteiger partial charge >= 0.3 is 6.09 Å². The van der Waals surface area contributed by atoms with Crippen molar-refractivity contribution in [2.45, 2.75) is 39.0 Å². The van der Waals surface area contributed by atoms with Crippen LogP contribution in [0.2, 0.25) is 0 Å². The number of imidazole rings is 1. The highest BCUT2D eigenvalue weighted by atomic mass is 16.6. The van der Waals surface area contributed by atoms with Gasteiger partial charge in [0, 0.05) is 36.6 Å². The fourth-order valence-corrected chi connectivity index (χ4v) is 4.86. The normalized spacial score (nSPS) is 14.1. The van der Waals surface area contributed by atoms with Gasteiger partial charge in [0.1, 0.15) is 18.8 Å². The molecule has 1 aliphatic rings. The van der Waals surface area contributed by atoms with Gasteiger partial charge in [-0.2, -0.15) is 5.10 Å². The Labute approximate surface area is 226 Å². The van der Waals surface area contributed by atoms with Gasteiger partial charge in [0.2, 0.25) is 0 Å². The van der Waals surface area contributed by atoms with E-state index in [-0.39, 0.29) is 12.1 Å². The topological polar surface area (TPSA) is 113 Å². The molecule has 0 saturated carbocycles. The summed E-state index contributed by atoms with van der Waals surface area (Å²) in [6.07, 6.45) is 4.87. The van der Waals surface area contributed by atoms with Crippen molar-refractivity contribution in [2.75, 3.05) is 13.1 Å². The van der Waals surface area contributed by atoms with Crippen LogP contribution in [0.1, 0.15) is 29.9 Å². The van der Waals surface area contributed by atoms with Crippen LogP contribution in [0, 0.1) is 6.92 Å². The molecule has 0 radical (unpaired) electrons. The molecule has 5 heterocycles. The third-order valence-corrected chi connectivity index (χ3v) is 6.97. The van der Waals surface area contributed by atoms with Crippen LogP contribution in [-0.4, -0.2) is 59.7 Å². The molecule has 1 saturated heterocycles. The number of amides is 1. The second-order valence-electron chi connectivity index (χ2n) is 9.73. The molecule has 0 unspecified atom stereocenters. The number of fused-ring (bicyclic) bond motifs is 1. The van der Waals surface area contributed by atoms with E-state index in [1.54, 1.807) is 9.42 Å². The molecule has 10 heteroatoms. The predicted molar refractivity (Wildman–Crippen MR) is 147 cm³/mol. The molecule has 1 fully saturated rings. The van der Waals surface area contributed by atoms with E-state index in [4.69, 9.17) is 14.7 Å². The molecular formula is C29H30N8O2. The number of hydrogen-bond donors (Lipinski definition) is 2. The summed E-state index contributed by atoms with van der Waals surface area (Å²) in [4.78, 5) is 31.8. The monoisotopic (exact) mass is 522 g/mol. The van der Waals surface area contributed by atoms with E-state index in [0.29, 0.717) is 26.2 Å². The summed E-state index contributed by atoms with van der Waals surface area (Å²) in [7, 11) is 0. The van der Waals surface area contributed by atoms with Gasteiger partial charge in [-0.25, -0.2) is 19.3 Å². The maximum Gasteiger partial charge on any atom is 0.410 e. The Balaban J connectivity index is 1.11. The van der Waals surface area contributed by atoms with E-state index in [2.05, 4.69) is 20.4 Å². The third-order valence-electron chi connectivity index (χ3n) is 6.97. The second-order valence-corrected chi connectivity index (χ2v) is 9.73. The van der Waals surface area contributed by atoms with Gasteiger partial charge in [0.05, 0.1) is 23.6 Å². The van der Waals surface area contributed by atoms with E-state index in [0.717, 1.165) is 58.2 Å². The van der Waals surface area contributed by atoms with Gasteiger partial charge in [-0.3, -0.25) is 4.98 Å². The fraction of sp³-hybridized carbons (Fsp3) is 0.276. The number of likely N-dealkylation sites (tertiary alicyclic amines) is 1. The minimum absolute atomic E-state index is 0.257. The van der Waals surface area contributed by atoms with Crippen molar-refractivity contribution >= 4 is 11.7 Å². The summed E-state index contributed by atoms with van der Waals surface area (Å²) in [5, 5.41) is 7.81. The Hall–Kier alpha value is -4.57. The zero-order chi connectivity index (χ0) is 26.6. The zero-order valence-electron chi connectivity index (χ0n) is 21.7. The Kier molecular flexibility index (Phi) is 7.01. The molecule has 6 rings (SSSR count). The molecule has 5 aromatic rings. The fourth-order valence-electron chi connectivity index (χ4n) is 4.86. The first-order valence-corrected chi connectivity index (χ1v) is 13.1. The molecule has 0 atom stereocenters. The molecule has 10 nitrogen and oxygen atoms in total. The number of benzene rings is 1. The highest BCUT2D eigenvalue weighted by molar-refractivity contribution is 5.78. The number of carbonyl (C=O) groups excluding carboxylic acids is 1. The van der Waals surface area contributed by atoms with Crippen LogP contribution in [-0.2, 0) is 17.9 Å². The van der Waals surface area contributed by atoms with Crippen molar-refractivity contribution in [1.82, 2.24) is 39.8 Å². The minimum atomic E-state index is -0.257. The SMILES string of the molecule is Cc1cccc(-c2[nH]c(CNC3CCN(C(=O)OCc4ccccc4)CC3)nc2-c2ccn3ncnc3c2)n1. The number of nitrogens with one attached hydrogen (secondary N) is 2. The average Bonchev–Trinajstić information content (AvgIpc) is 3.62. The lowest BCUT2D eigenvalue weighted by Gasteiger charge is -2.31. The second kappa shape index (κ2) is 11.0. The summed E-state index contributed by atoms with van der Waals surface area (Å²) in [5.74, 6) is 0.828. The number of pyridine rings is 2. The van der Waals surface area contributed by atoms with Crippen molar-refractivity contribution in [3.63, 3.8) is 0 Å². The molecule has 0 aliphatic carbocycles. The summed E-state index contributed by atoms with van der Waals surface area (Å²) >= 11 is 0. The number of piperidine rings is 1. The van der Waals surface area contributed by atoms with Gasteiger partial charge < -0.3 is 19.9 Å². The number of aromatic amines is 1. The maximum absolute atomic E-state index is 12.5. The van der Waals surface area contributed by atoms with E-state index in [9.17, 15) is 4.79 Å². The molecule has 39 heavy (non-hydrogen) atoms. The molecule has 2 N–H and O–H groups in total. The van der Waals surface area contributed by atoms with Gasteiger partial charge in [-0.1, -0.05) is 36.4 Å². The standard InChI is InChI=1S/C29H30N8O2/c1-20-6-5-9-24(33-20)28-27(22-10-15-37-26(16-22)31-19-32-37)34-25(35-28)17-30-23-11-13-36(14-12-23)29(38)39-18-21-7-3-2-4-8-21/h2-10,15-16,19,23,30H,11-14,17-18H2,1H3,(H,34,35). The Morgan fingerprint density at radius 2 is 1.92 bits per heavy atom. The van der Waals surface area contributed by atoms with E-state index >= 15 is 0 Å². The highest BCUT2D eigenvalue weighted by Crippen LogP contribution is 2.30. The quantitative estimate of drug-likeness (QED) is 0.326. The molecule has 198 valence electrons. The summed E-state index contributed by atoms with van der Waals surface area (Å²) in [5.41, 5.74) is 6.16. The molecule has 1 amide bonds. The third kappa shape index (κ3) is 5.65. The van der Waals surface area contributed by atoms with Crippen LogP contribution in [0.25, 0.3) is 28.3 Å². The van der Waals surface area contributed by atoms with Crippen LogP contribution in [0.5, 0.6) is 0 Å². The highest BCUT2D eigenvalue weighted by Gasteiger charge is 2.24. The van der Waals surface area contributed by atoms with Crippen LogP contribution >= 0.6 is 0 Å². The first-order chi connectivity index (χ1) is 19.1. The van der Waals surface area contributed by atoms with Gasteiger partial charge in [0.25, 0.3) is 0 Å². The number of aryl methyl sites for hydroxylation is 1. The molecule has 4 aromatic heterocycles. The average molecular weight is 523 g/mol. The van der Waals surface area contributed by atoms with Crippen LogP contribution in [0.4, 0.5) is 4.79 Å². The summed E-state index contributed by atoms with van der Waals surface area (Å²) < 4.78 is 7.23. The van der Waals surface area contributed by atoms with E-state index < -0.39 is 0 Å². The predicted octanol–water partition coefficient (Wildman–Crippen LogP) is 4.38. The van der Waals surface area contributed by atoms with Gasteiger partial charge in [0.15, 0.2) is 5.65 Å². The number of nitrogens with zero attached hydrogens (tertiary/aromatic N) is 6. The van der Waals surface area contributed by atoms with E-state index in [1.807, 2.05) is 73.8 Å². The zero-order valence-corrected chi connectivity index (χ0v) is 21.7. The van der Waals surface area contributed by atoms with Crippen molar-refractivity contribution in [3.8, 4) is 22.6 Å². The first kappa shape index (κ1) is 24.7. The number of hydrogen-bond acceptors (Lipinski definition) is 7. The van der Waals surface area contributed by atoms with Crippen molar-refractivity contribution in [3.05, 3.63) is 90.3 Å². The Morgan fingerprint density at radius 3 is 2.74 bits per heavy atom. The number of rotatable bonds is 7. The largest absolute Gasteiger partial charge is 0.445 e. The van der Waals surface area contributed by atoms with Crippen molar-refractivity contribution in [1.29, 1.82) is 0 Å². The van der Waals surface area contributed by atoms with Crippen LogP contribution in [0.15, 0.2) is 73.2 Å². The lowest BCUT2D eigenvalue weighted by atomic mass is 10.1. The number of H-pyrrole nitrogens is 1. The lowest BCUT2D eigenvalue weighted by Crippen LogP contribution is -2.45.